The molecule has 0 aliphatic carbocycles. The molecule has 4 nitrogen and oxygen atoms in total. The monoisotopic (exact) mass is 282 g/mol. The standard InChI is InChI=1S/C16H30N2O2/c1-10(2)15-8-14(9-19)17(12(5)6)16(11(3)4)18(15)13(7)20/h9-12,14-16H,8H2,1-7H3. The van der Waals surface area contributed by atoms with Crippen LogP contribution in [0, 0.1) is 11.8 Å². The van der Waals surface area contributed by atoms with Crippen molar-refractivity contribution in [3.05, 3.63) is 0 Å². The predicted octanol–water partition coefficient (Wildman–Crippen LogP) is 2.52. The van der Waals surface area contributed by atoms with Gasteiger partial charge in [0.2, 0.25) is 5.91 Å². The van der Waals surface area contributed by atoms with Crippen molar-refractivity contribution < 1.29 is 9.59 Å². The third-order valence-electron chi connectivity index (χ3n) is 4.30. The van der Waals surface area contributed by atoms with E-state index in [1.807, 2.05) is 4.90 Å². The lowest BCUT2D eigenvalue weighted by atomic mass is 9.87. The molecule has 0 spiro atoms. The lowest BCUT2D eigenvalue weighted by Gasteiger charge is -2.55. The van der Waals surface area contributed by atoms with Gasteiger partial charge < -0.3 is 9.69 Å². The van der Waals surface area contributed by atoms with Gasteiger partial charge in [-0.05, 0) is 32.1 Å². The van der Waals surface area contributed by atoms with Crippen LogP contribution in [0.5, 0.6) is 0 Å². The lowest BCUT2D eigenvalue weighted by molar-refractivity contribution is -0.161. The molecule has 1 fully saturated rings. The Kier molecular flexibility index (Phi) is 5.75. The first-order valence-corrected chi connectivity index (χ1v) is 7.74. The van der Waals surface area contributed by atoms with E-state index in [4.69, 9.17) is 0 Å². The van der Waals surface area contributed by atoms with Crippen molar-refractivity contribution in [3.8, 4) is 0 Å². The van der Waals surface area contributed by atoms with Gasteiger partial charge in [-0.1, -0.05) is 27.7 Å². The Labute approximate surface area is 123 Å². The fraction of sp³-hybridized carbons (Fsp3) is 0.875. The van der Waals surface area contributed by atoms with Gasteiger partial charge in [0.05, 0.1) is 12.2 Å². The quantitative estimate of drug-likeness (QED) is 0.744. The van der Waals surface area contributed by atoms with Gasteiger partial charge >= 0.3 is 0 Å². The smallest absolute Gasteiger partial charge is 0.220 e. The van der Waals surface area contributed by atoms with Crippen LogP contribution in [0.25, 0.3) is 0 Å². The number of rotatable bonds is 4. The molecule has 0 saturated carbocycles. The number of carbonyl (C=O) groups excluding carboxylic acids is 2. The van der Waals surface area contributed by atoms with Crippen molar-refractivity contribution in [1.82, 2.24) is 9.80 Å². The summed E-state index contributed by atoms with van der Waals surface area (Å²) >= 11 is 0. The largest absolute Gasteiger partial charge is 0.324 e. The van der Waals surface area contributed by atoms with E-state index in [9.17, 15) is 9.59 Å². The van der Waals surface area contributed by atoms with E-state index in [0.717, 1.165) is 12.7 Å². The molecule has 3 atom stereocenters. The first-order valence-electron chi connectivity index (χ1n) is 7.74. The van der Waals surface area contributed by atoms with E-state index in [1.54, 1.807) is 6.92 Å². The second-order valence-corrected chi connectivity index (χ2v) is 6.88. The average molecular weight is 282 g/mol. The number of hydrogen-bond acceptors (Lipinski definition) is 3. The van der Waals surface area contributed by atoms with Gasteiger partial charge in [-0.15, -0.1) is 0 Å². The van der Waals surface area contributed by atoms with Gasteiger partial charge in [0.25, 0.3) is 0 Å². The Bertz CT molecular complexity index is 352. The molecular formula is C16H30N2O2. The van der Waals surface area contributed by atoms with Crippen molar-refractivity contribution in [2.45, 2.75) is 79.2 Å². The second kappa shape index (κ2) is 6.70. The molecule has 20 heavy (non-hydrogen) atoms. The van der Waals surface area contributed by atoms with Crippen LogP contribution in [-0.2, 0) is 9.59 Å². The summed E-state index contributed by atoms with van der Waals surface area (Å²) in [4.78, 5) is 28.0. The summed E-state index contributed by atoms with van der Waals surface area (Å²) in [5.41, 5.74) is 0. The average Bonchev–Trinajstić information content (AvgIpc) is 2.35. The van der Waals surface area contributed by atoms with Crippen LogP contribution >= 0.6 is 0 Å². The van der Waals surface area contributed by atoms with Gasteiger partial charge in [-0.2, -0.15) is 0 Å². The van der Waals surface area contributed by atoms with E-state index in [2.05, 4.69) is 46.4 Å². The van der Waals surface area contributed by atoms with E-state index < -0.39 is 0 Å². The highest BCUT2D eigenvalue weighted by molar-refractivity contribution is 5.74. The SMILES string of the molecule is CC(=O)N1C(C(C)C)CC(C=O)N(C(C)C)C1C(C)C. The maximum Gasteiger partial charge on any atom is 0.220 e. The van der Waals surface area contributed by atoms with Crippen LogP contribution in [-0.4, -0.2) is 46.3 Å². The summed E-state index contributed by atoms with van der Waals surface area (Å²) in [6, 6.07) is 0.295. The molecule has 3 unspecified atom stereocenters. The fourth-order valence-corrected chi connectivity index (χ4v) is 3.51. The van der Waals surface area contributed by atoms with Gasteiger partial charge in [-0.25, -0.2) is 0 Å². The first kappa shape index (κ1) is 17.2. The van der Waals surface area contributed by atoms with Crippen LogP contribution in [0.4, 0.5) is 0 Å². The Morgan fingerprint density at radius 1 is 1.10 bits per heavy atom. The number of hydrogen-bond donors (Lipinski definition) is 0. The summed E-state index contributed by atoms with van der Waals surface area (Å²) in [5.74, 6) is 0.764. The molecular weight excluding hydrogens is 252 g/mol. The Balaban J connectivity index is 3.27. The third-order valence-corrected chi connectivity index (χ3v) is 4.30. The van der Waals surface area contributed by atoms with Crippen LogP contribution < -0.4 is 0 Å². The molecule has 1 aliphatic rings. The Morgan fingerprint density at radius 2 is 1.65 bits per heavy atom. The molecule has 0 aromatic heterocycles. The zero-order chi connectivity index (χ0) is 15.6. The zero-order valence-electron chi connectivity index (χ0n) is 14.0. The van der Waals surface area contributed by atoms with Crippen molar-refractivity contribution in [1.29, 1.82) is 0 Å². The molecule has 0 aromatic rings. The van der Waals surface area contributed by atoms with Crippen molar-refractivity contribution in [3.63, 3.8) is 0 Å². The van der Waals surface area contributed by atoms with Crippen LogP contribution in [0.2, 0.25) is 0 Å². The molecule has 4 heteroatoms. The summed E-state index contributed by atoms with van der Waals surface area (Å²) in [5, 5.41) is 0. The van der Waals surface area contributed by atoms with Crippen LogP contribution in [0.15, 0.2) is 0 Å². The third kappa shape index (κ3) is 3.22. The second-order valence-electron chi connectivity index (χ2n) is 6.88. The molecule has 1 aliphatic heterocycles. The van der Waals surface area contributed by atoms with Crippen molar-refractivity contribution >= 4 is 12.2 Å². The number of carbonyl (C=O) groups is 2. The van der Waals surface area contributed by atoms with Crippen LogP contribution in [0.1, 0.15) is 54.9 Å². The summed E-state index contributed by atoms with van der Waals surface area (Å²) in [6.45, 7) is 14.3. The molecule has 0 N–H and O–H groups in total. The molecule has 1 rings (SSSR count). The van der Waals surface area contributed by atoms with Gasteiger partial charge in [0, 0.05) is 19.0 Å². The molecule has 1 saturated heterocycles. The normalized spacial score (nSPS) is 28.5. The maximum atomic E-state index is 12.2. The fourth-order valence-electron chi connectivity index (χ4n) is 3.51. The summed E-state index contributed by atoms with van der Waals surface area (Å²) < 4.78 is 0. The Hall–Kier alpha value is -0.900. The minimum Gasteiger partial charge on any atom is -0.324 e. The van der Waals surface area contributed by atoms with E-state index in [0.29, 0.717) is 11.8 Å². The summed E-state index contributed by atoms with van der Waals surface area (Å²) in [7, 11) is 0. The Morgan fingerprint density at radius 3 is 1.95 bits per heavy atom. The highest BCUT2D eigenvalue weighted by Crippen LogP contribution is 2.33. The lowest BCUT2D eigenvalue weighted by Crippen LogP contribution is -2.67. The molecule has 0 bridgehead atoms. The highest BCUT2D eigenvalue weighted by atomic mass is 16.2. The van der Waals surface area contributed by atoms with Gasteiger partial charge in [0.1, 0.15) is 6.29 Å². The molecule has 116 valence electrons. The molecule has 1 amide bonds. The summed E-state index contributed by atoms with van der Waals surface area (Å²) in [6.07, 6.45) is 1.80. The van der Waals surface area contributed by atoms with Crippen LogP contribution in [0.3, 0.4) is 0 Å². The molecule has 0 aromatic carbocycles. The molecule has 0 radical (unpaired) electrons. The maximum absolute atomic E-state index is 12.2. The topological polar surface area (TPSA) is 40.6 Å². The minimum atomic E-state index is -0.0922. The number of nitrogens with zero attached hydrogens (tertiary/aromatic N) is 2. The predicted molar refractivity (Wildman–Crippen MR) is 81.2 cm³/mol. The van der Waals surface area contributed by atoms with E-state index in [1.165, 1.54) is 0 Å². The van der Waals surface area contributed by atoms with Gasteiger partial charge in [0.15, 0.2) is 0 Å². The number of amides is 1. The van der Waals surface area contributed by atoms with E-state index >= 15 is 0 Å². The van der Waals surface area contributed by atoms with Gasteiger partial charge in [-0.3, -0.25) is 9.69 Å². The van der Waals surface area contributed by atoms with E-state index in [-0.39, 0.29) is 30.2 Å². The van der Waals surface area contributed by atoms with Crippen molar-refractivity contribution in [2.75, 3.05) is 0 Å². The zero-order valence-corrected chi connectivity index (χ0v) is 14.0. The number of aldehydes is 1. The minimum absolute atomic E-state index is 0.00356. The molecule has 1 heterocycles. The van der Waals surface area contributed by atoms with Crippen molar-refractivity contribution in [2.24, 2.45) is 11.8 Å². The highest BCUT2D eigenvalue weighted by Gasteiger charge is 2.45. The first-order chi connectivity index (χ1) is 9.22.